The van der Waals surface area contributed by atoms with Crippen LogP contribution in [0.3, 0.4) is 0 Å². The van der Waals surface area contributed by atoms with Crippen LogP contribution in [0.25, 0.3) is 5.57 Å². The number of aliphatic hydroxyl groups excluding tert-OH is 1. The van der Waals surface area contributed by atoms with Crippen LogP contribution in [0, 0.1) is 6.92 Å². The zero-order chi connectivity index (χ0) is 33.4. The van der Waals surface area contributed by atoms with Gasteiger partial charge in [0.15, 0.2) is 5.78 Å². The number of ketones is 1. The number of Topliss-reactive ketones (excluding diaryl/α,β-unsaturated/α-hetero) is 1. The van der Waals surface area contributed by atoms with Crippen molar-refractivity contribution in [2.45, 2.75) is 13.8 Å². The van der Waals surface area contributed by atoms with Crippen LogP contribution in [0.1, 0.15) is 18.1 Å². The Balaban J connectivity index is 1.30. The molecular weight excluding hydrogens is 596 g/mol. The molecule has 0 radical (unpaired) electrons. The summed E-state index contributed by atoms with van der Waals surface area (Å²) in [6.45, 7) is 3.55. The van der Waals surface area contributed by atoms with Gasteiger partial charge in [-0.15, -0.1) is 0 Å². The van der Waals surface area contributed by atoms with Crippen LogP contribution in [0.2, 0.25) is 0 Å². The first kappa shape index (κ1) is 30.3. The zero-order valence-electron chi connectivity index (χ0n) is 26.5. The zero-order valence-corrected chi connectivity index (χ0v) is 26.5. The third-order valence-corrected chi connectivity index (χ3v) is 8.58. The number of allylic oxidation sites excluding steroid dienone is 5. The maximum Gasteiger partial charge on any atom is 0.215 e. The van der Waals surface area contributed by atoms with Crippen molar-refractivity contribution < 1.29 is 20.1 Å². The minimum Gasteiger partial charge on any atom is -0.871 e. The van der Waals surface area contributed by atoms with E-state index in [1.807, 2.05) is 143 Å². The van der Waals surface area contributed by atoms with Gasteiger partial charge >= 0.3 is 0 Å². The second kappa shape index (κ2) is 12.4. The number of nitrogens with zero attached hydrogens (tertiary/aromatic N) is 2. The predicted molar refractivity (Wildman–Crippen MR) is 190 cm³/mol. The Bertz CT molecular complexity index is 2090. The van der Waals surface area contributed by atoms with Crippen molar-refractivity contribution in [2.75, 3.05) is 4.90 Å². The molecule has 48 heavy (non-hydrogen) atoms. The van der Waals surface area contributed by atoms with E-state index in [9.17, 15) is 20.1 Å². The van der Waals surface area contributed by atoms with Crippen molar-refractivity contribution in [3.63, 3.8) is 0 Å². The van der Waals surface area contributed by atoms with E-state index in [1.165, 1.54) is 0 Å². The van der Waals surface area contributed by atoms with E-state index in [1.54, 1.807) is 26.0 Å². The Labute approximate surface area is 279 Å². The lowest BCUT2D eigenvalue weighted by molar-refractivity contribution is -0.297. The number of para-hydroxylation sites is 4. The monoisotopic (exact) mass is 628 g/mol. The fourth-order valence-corrected chi connectivity index (χ4v) is 6.46. The van der Waals surface area contributed by atoms with Crippen LogP contribution < -0.4 is 14.6 Å². The average Bonchev–Trinajstić information content (AvgIpc) is 3.10. The molecule has 7 rings (SSSR count). The largest absolute Gasteiger partial charge is 0.871 e. The summed E-state index contributed by atoms with van der Waals surface area (Å²) in [6, 6.07) is 42.5. The number of phenolic OH excluding ortho intramolecular Hbond substituents is 1. The topological polar surface area (TPSA) is 86.8 Å². The first-order valence-electron chi connectivity index (χ1n) is 15.6. The lowest BCUT2D eigenvalue weighted by atomic mass is 9.76. The van der Waals surface area contributed by atoms with Crippen molar-refractivity contribution in [3.05, 3.63) is 185 Å². The van der Waals surface area contributed by atoms with Crippen LogP contribution in [0.5, 0.6) is 5.75 Å². The Morgan fingerprint density at radius 1 is 0.604 bits per heavy atom. The van der Waals surface area contributed by atoms with E-state index < -0.39 is 11.5 Å². The molecule has 0 heterocycles. The number of hydrogen-bond donors (Lipinski definition) is 2. The van der Waals surface area contributed by atoms with Crippen molar-refractivity contribution in [1.82, 2.24) is 4.58 Å². The van der Waals surface area contributed by atoms with Gasteiger partial charge in [0.05, 0.1) is 11.8 Å². The van der Waals surface area contributed by atoms with Gasteiger partial charge in [0.1, 0.15) is 11.5 Å². The maximum atomic E-state index is 13.8. The highest BCUT2D eigenvalue weighted by Gasteiger charge is 2.37. The van der Waals surface area contributed by atoms with Crippen LogP contribution >= 0.6 is 0 Å². The molecule has 234 valence electrons. The predicted octanol–water partition coefficient (Wildman–Crippen LogP) is 8.50. The van der Waals surface area contributed by atoms with E-state index in [0.29, 0.717) is 22.5 Å². The second-order valence-corrected chi connectivity index (χ2v) is 11.7. The summed E-state index contributed by atoms with van der Waals surface area (Å²) >= 11 is 0. The molecule has 0 aromatic heterocycles. The summed E-state index contributed by atoms with van der Waals surface area (Å²) in [4.78, 5) is 15.8. The first-order chi connectivity index (χ1) is 23.3. The number of aromatic hydroxyl groups is 1. The number of benzene rings is 5. The van der Waals surface area contributed by atoms with Gasteiger partial charge in [-0.25, -0.2) is 0 Å². The maximum absolute atomic E-state index is 13.8. The van der Waals surface area contributed by atoms with E-state index in [4.69, 9.17) is 0 Å². The first-order valence-corrected chi connectivity index (χ1v) is 15.6. The Morgan fingerprint density at radius 2 is 1.10 bits per heavy atom. The number of anilines is 3. The van der Waals surface area contributed by atoms with E-state index in [2.05, 4.69) is 0 Å². The van der Waals surface area contributed by atoms with Gasteiger partial charge in [-0.2, -0.15) is 4.58 Å². The average molecular weight is 629 g/mol. The minimum absolute atomic E-state index is 0.0874. The standard InChI is InChI=1S/C42H32N2O4/c1-27-23-33(43(29-15-7-3-8-16-29)30-17-9-4-10-18-30)25-35(45)37(27)39-41(47)40(42(39)48)38-28(2)24-34(26-36(38)46)44(31-19-11-5-12-20-31)32-21-13-6-14-22-32/h3-26H,1-2H3,(H2,45,46,47,48). The van der Waals surface area contributed by atoms with Crippen molar-refractivity contribution in [2.24, 2.45) is 0 Å². The molecule has 0 spiro atoms. The van der Waals surface area contributed by atoms with Gasteiger partial charge in [0.2, 0.25) is 17.1 Å². The molecule has 2 aliphatic carbocycles. The molecule has 5 aromatic carbocycles. The summed E-state index contributed by atoms with van der Waals surface area (Å²) in [5.41, 5.74) is 6.31. The van der Waals surface area contributed by atoms with Gasteiger partial charge in [0.25, 0.3) is 0 Å². The highest BCUT2D eigenvalue weighted by Crippen LogP contribution is 2.46. The molecule has 0 saturated heterocycles. The van der Waals surface area contributed by atoms with Crippen molar-refractivity contribution in [3.8, 4) is 5.75 Å². The molecule has 0 saturated carbocycles. The number of hydrogen-bond acceptors (Lipinski definition) is 5. The van der Waals surface area contributed by atoms with Crippen molar-refractivity contribution >= 4 is 45.5 Å². The van der Waals surface area contributed by atoms with Gasteiger partial charge < -0.3 is 20.2 Å². The Kier molecular flexibility index (Phi) is 7.83. The Morgan fingerprint density at radius 3 is 1.56 bits per heavy atom. The van der Waals surface area contributed by atoms with E-state index in [-0.39, 0.29) is 33.8 Å². The molecule has 0 fully saturated rings. The number of aryl methyl sites for hydroxylation is 1. The normalized spacial score (nSPS) is 15.9. The van der Waals surface area contributed by atoms with Crippen LogP contribution in [0.4, 0.5) is 28.4 Å². The third kappa shape index (κ3) is 5.29. The van der Waals surface area contributed by atoms with E-state index >= 15 is 0 Å². The molecule has 6 heteroatoms. The molecule has 6 nitrogen and oxygen atoms in total. The lowest BCUT2D eigenvalue weighted by Gasteiger charge is -2.35. The molecule has 5 aromatic rings. The van der Waals surface area contributed by atoms with Crippen LogP contribution in [0.15, 0.2) is 174 Å². The van der Waals surface area contributed by atoms with Gasteiger partial charge in [0, 0.05) is 70.1 Å². The summed E-state index contributed by atoms with van der Waals surface area (Å²) in [5.74, 6) is -1.36. The number of aliphatic hydroxyl groups is 1. The molecule has 0 atom stereocenters. The summed E-state index contributed by atoms with van der Waals surface area (Å²) in [5, 5.41) is 36.5. The van der Waals surface area contributed by atoms with E-state index in [0.717, 1.165) is 22.7 Å². The van der Waals surface area contributed by atoms with Gasteiger partial charge in [-0.3, -0.25) is 4.79 Å². The van der Waals surface area contributed by atoms with Crippen LogP contribution in [-0.4, -0.2) is 21.7 Å². The summed E-state index contributed by atoms with van der Waals surface area (Å²) in [7, 11) is 0. The number of carbonyl (C=O) groups is 1. The molecule has 0 aliphatic heterocycles. The third-order valence-electron chi connectivity index (χ3n) is 8.58. The van der Waals surface area contributed by atoms with Gasteiger partial charge in [-0.05, 0) is 55.3 Å². The SMILES string of the molecule is CC1=CC(=[N+](c2ccccc2)c2ccccc2)C=C(O)C1=C1C(=O)C(c2c(C)cc(N(c3ccccc3)c3ccccc3)cc2O)=C1[O-]. The highest BCUT2D eigenvalue weighted by molar-refractivity contribution is 6.40. The smallest absolute Gasteiger partial charge is 0.215 e. The highest BCUT2D eigenvalue weighted by atomic mass is 16.3. The molecule has 2 N–H and O–H groups in total. The molecule has 0 bridgehead atoms. The fraction of sp³-hybridized carbons (Fsp3) is 0.0476. The molecule has 0 amide bonds. The summed E-state index contributed by atoms with van der Waals surface area (Å²) < 4.78 is 2.00. The van der Waals surface area contributed by atoms with Crippen LogP contribution in [-0.2, 0) is 4.79 Å². The second-order valence-electron chi connectivity index (χ2n) is 11.7. The van der Waals surface area contributed by atoms with Crippen molar-refractivity contribution in [1.29, 1.82) is 0 Å². The minimum atomic E-state index is -0.511. The number of carbonyl (C=O) groups excluding carboxylic acids is 1. The summed E-state index contributed by atoms with van der Waals surface area (Å²) in [6.07, 6.45) is 3.44. The lowest BCUT2D eigenvalue weighted by Crippen LogP contribution is -2.32. The molecule has 0 unspecified atom stereocenters. The number of rotatable bonds is 6. The van der Waals surface area contributed by atoms with Gasteiger partial charge in [-0.1, -0.05) is 78.6 Å². The molecular formula is C42H32N2O4. The quantitative estimate of drug-likeness (QED) is 0.145. The fourth-order valence-electron chi connectivity index (χ4n) is 6.46. The Hall–Kier alpha value is -6.40. The molecule has 2 aliphatic rings. The number of phenols is 1.